The largest absolute Gasteiger partial charge is 0.361 e. The lowest BCUT2D eigenvalue weighted by molar-refractivity contribution is -0.124. The molecule has 0 spiro atoms. The SMILES string of the molecule is CC(C)CNC(=O)[C@@H]1CSCN1C(=O)c1ccc2cc[nH]c2c1. The van der Waals surface area contributed by atoms with E-state index in [9.17, 15) is 9.59 Å². The Morgan fingerprint density at radius 3 is 3.00 bits per heavy atom. The molecule has 2 N–H and O–H groups in total. The monoisotopic (exact) mass is 331 g/mol. The molecule has 0 aliphatic carbocycles. The van der Waals surface area contributed by atoms with E-state index in [2.05, 4.69) is 24.1 Å². The zero-order chi connectivity index (χ0) is 16.4. The Kier molecular flexibility index (Phi) is 4.61. The number of benzene rings is 1. The number of carbonyl (C=O) groups excluding carboxylic acids is 2. The lowest BCUT2D eigenvalue weighted by Gasteiger charge is -2.23. The number of amides is 2. The molecule has 1 fully saturated rings. The Morgan fingerprint density at radius 1 is 1.39 bits per heavy atom. The second-order valence-corrected chi connectivity index (χ2v) is 7.21. The number of aromatic amines is 1. The predicted molar refractivity (Wildman–Crippen MR) is 93.4 cm³/mol. The molecule has 23 heavy (non-hydrogen) atoms. The van der Waals surface area contributed by atoms with Gasteiger partial charge in [0.1, 0.15) is 6.04 Å². The Morgan fingerprint density at radius 2 is 2.22 bits per heavy atom. The molecule has 1 saturated heterocycles. The van der Waals surface area contributed by atoms with Crippen LogP contribution in [0.4, 0.5) is 0 Å². The van der Waals surface area contributed by atoms with Gasteiger partial charge in [-0.25, -0.2) is 0 Å². The van der Waals surface area contributed by atoms with Crippen molar-refractivity contribution >= 4 is 34.5 Å². The van der Waals surface area contributed by atoms with E-state index in [4.69, 9.17) is 0 Å². The van der Waals surface area contributed by atoms with E-state index in [1.54, 1.807) is 16.7 Å². The molecule has 2 amide bonds. The van der Waals surface area contributed by atoms with Crippen LogP contribution in [0.3, 0.4) is 0 Å². The first-order valence-corrected chi connectivity index (χ1v) is 8.95. The highest BCUT2D eigenvalue weighted by Gasteiger charge is 2.35. The van der Waals surface area contributed by atoms with Crippen LogP contribution < -0.4 is 5.32 Å². The average Bonchev–Trinajstić information content (AvgIpc) is 3.19. The van der Waals surface area contributed by atoms with Gasteiger partial charge in [-0.15, -0.1) is 11.8 Å². The number of rotatable bonds is 4. The van der Waals surface area contributed by atoms with Gasteiger partial charge in [-0.3, -0.25) is 9.59 Å². The van der Waals surface area contributed by atoms with Gasteiger partial charge in [0.2, 0.25) is 5.91 Å². The van der Waals surface area contributed by atoms with E-state index >= 15 is 0 Å². The zero-order valence-corrected chi connectivity index (χ0v) is 14.2. The van der Waals surface area contributed by atoms with Gasteiger partial charge in [0, 0.05) is 29.6 Å². The summed E-state index contributed by atoms with van der Waals surface area (Å²) in [5.74, 6) is 1.46. The molecule has 0 unspecified atom stereocenters. The molecule has 0 radical (unpaired) electrons. The van der Waals surface area contributed by atoms with Crippen LogP contribution in [0.2, 0.25) is 0 Å². The van der Waals surface area contributed by atoms with Crippen molar-refractivity contribution in [2.24, 2.45) is 5.92 Å². The minimum absolute atomic E-state index is 0.0574. The maximum Gasteiger partial charge on any atom is 0.255 e. The summed E-state index contributed by atoms with van der Waals surface area (Å²) in [6, 6.07) is 7.19. The van der Waals surface area contributed by atoms with Crippen LogP contribution in [-0.2, 0) is 4.79 Å². The molecule has 1 aliphatic heterocycles. The highest BCUT2D eigenvalue weighted by molar-refractivity contribution is 7.99. The van der Waals surface area contributed by atoms with Crippen molar-refractivity contribution in [2.75, 3.05) is 18.2 Å². The second-order valence-electron chi connectivity index (χ2n) is 6.21. The molecule has 1 atom stereocenters. The summed E-state index contributed by atoms with van der Waals surface area (Å²) >= 11 is 1.62. The number of aromatic nitrogens is 1. The molecule has 5 nitrogen and oxygen atoms in total. The van der Waals surface area contributed by atoms with Gasteiger partial charge in [0.05, 0.1) is 5.88 Å². The molecule has 2 heterocycles. The van der Waals surface area contributed by atoms with E-state index < -0.39 is 0 Å². The topological polar surface area (TPSA) is 65.2 Å². The lowest BCUT2D eigenvalue weighted by Crippen LogP contribution is -2.47. The molecule has 6 heteroatoms. The Hall–Kier alpha value is -1.95. The minimum atomic E-state index is -0.384. The Labute approximate surface area is 139 Å². The van der Waals surface area contributed by atoms with E-state index in [0.717, 1.165) is 10.9 Å². The van der Waals surface area contributed by atoms with Crippen LogP contribution in [0, 0.1) is 5.92 Å². The number of hydrogen-bond acceptors (Lipinski definition) is 3. The number of thioether (sulfide) groups is 1. The molecule has 2 aromatic rings. The van der Waals surface area contributed by atoms with Crippen LogP contribution in [0.5, 0.6) is 0 Å². The van der Waals surface area contributed by atoms with E-state index in [-0.39, 0.29) is 17.9 Å². The molecular weight excluding hydrogens is 310 g/mol. The Bertz CT molecular complexity index is 725. The molecule has 1 aromatic heterocycles. The van der Waals surface area contributed by atoms with Crippen molar-refractivity contribution in [1.82, 2.24) is 15.2 Å². The van der Waals surface area contributed by atoms with Crippen molar-refractivity contribution in [1.29, 1.82) is 0 Å². The summed E-state index contributed by atoms with van der Waals surface area (Å²) in [6.45, 7) is 4.74. The molecule has 122 valence electrons. The normalized spacial score (nSPS) is 17.9. The first-order valence-electron chi connectivity index (χ1n) is 7.80. The quantitative estimate of drug-likeness (QED) is 0.904. The number of hydrogen-bond donors (Lipinski definition) is 2. The third-order valence-corrected chi connectivity index (χ3v) is 4.94. The third-order valence-electron chi connectivity index (χ3n) is 3.93. The first kappa shape index (κ1) is 15.9. The van der Waals surface area contributed by atoms with Crippen molar-refractivity contribution in [3.05, 3.63) is 36.0 Å². The number of carbonyl (C=O) groups is 2. The van der Waals surface area contributed by atoms with Gasteiger partial charge in [-0.1, -0.05) is 19.9 Å². The van der Waals surface area contributed by atoms with Crippen LogP contribution in [0.15, 0.2) is 30.5 Å². The van der Waals surface area contributed by atoms with Gasteiger partial charge in [0.25, 0.3) is 5.91 Å². The fourth-order valence-electron chi connectivity index (χ4n) is 2.63. The minimum Gasteiger partial charge on any atom is -0.361 e. The maximum atomic E-state index is 12.8. The van der Waals surface area contributed by atoms with Gasteiger partial charge in [-0.05, 0) is 29.5 Å². The summed E-state index contributed by atoms with van der Waals surface area (Å²) in [5, 5.41) is 4.01. The molecule has 0 saturated carbocycles. The Balaban J connectivity index is 1.75. The predicted octanol–water partition coefficient (Wildman–Crippen LogP) is 2.46. The highest BCUT2D eigenvalue weighted by Crippen LogP contribution is 2.24. The van der Waals surface area contributed by atoms with E-state index in [0.29, 0.717) is 29.7 Å². The zero-order valence-electron chi connectivity index (χ0n) is 13.3. The lowest BCUT2D eigenvalue weighted by atomic mass is 10.1. The van der Waals surface area contributed by atoms with Crippen molar-refractivity contribution < 1.29 is 9.59 Å². The van der Waals surface area contributed by atoms with Crippen LogP contribution >= 0.6 is 11.8 Å². The number of fused-ring (bicyclic) bond motifs is 1. The number of nitrogens with zero attached hydrogens (tertiary/aromatic N) is 1. The van der Waals surface area contributed by atoms with Crippen molar-refractivity contribution in [3.63, 3.8) is 0 Å². The number of H-pyrrole nitrogens is 1. The maximum absolute atomic E-state index is 12.8. The molecule has 0 bridgehead atoms. The molecule has 1 aromatic carbocycles. The van der Waals surface area contributed by atoms with Gasteiger partial charge >= 0.3 is 0 Å². The van der Waals surface area contributed by atoms with Crippen LogP contribution in [-0.4, -0.2) is 45.9 Å². The summed E-state index contributed by atoms with van der Waals surface area (Å²) in [4.78, 5) is 29.9. The smallest absolute Gasteiger partial charge is 0.255 e. The molecule has 3 rings (SSSR count). The molecule has 1 aliphatic rings. The van der Waals surface area contributed by atoms with Crippen molar-refractivity contribution in [3.8, 4) is 0 Å². The summed E-state index contributed by atoms with van der Waals surface area (Å²) in [6.07, 6.45) is 1.85. The first-order chi connectivity index (χ1) is 11.1. The second kappa shape index (κ2) is 6.66. The van der Waals surface area contributed by atoms with Crippen LogP contribution in [0.25, 0.3) is 10.9 Å². The van der Waals surface area contributed by atoms with Crippen molar-refractivity contribution in [2.45, 2.75) is 19.9 Å². The molecular formula is C17H21N3O2S. The fraction of sp³-hybridized carbons (Fsp3) is 0.412. The van der Waals surface area contributed by atoms with Gasteiger partial charge in [0.15, 0.2) is 0 Å². The fourth-order valence-corrected chi connectivity index (χ4v) is 3.78. The van der Waals surface area contributed by atoms with E-state index in [1.807, 2.05) is 30.5 Å². The number of nitrogens with one attached hydrogen (secondary N) is 2. The standard InChI is InChI=1S/C17H21N3O2S/c1-11(2)8-19-16(21)15-9-23-10-20(15)17(22)13-4-3-12-5-6-18-14(12)7-13/h3-7,11,15,18H,8-10H2,1-2H3,(H,19,21)/t15-/m0/s1. The summed E-state index contributed by atoms with van der Waals surface area (Å²) in [5.41, 5.74) is 1.55. The van der Waals surface area contributed by atoms with Crippen LogP contribution in [0.1, 0.15) is 24.2 Å². The van der Waals surface area contributed by atoms with E-state index in [1.165, 1.54) is 0 Å². The van der Waals surface area contributed by atoms with Gasteiger partial charge in [-0.2, -0.15) is 0 Å². The average molecular weight is 331 g/mol. The highest BCUT2D eigenvalue weighted by atomic mass is 32.2. The third kappa shape index (κ3) is 3.37. The van der Waals surface area contributed by atoms with Gasteiger partial charge < -0.3 is 15.2 Å². The summed E-state index contributed by atoms with van der Waals surface area (Å²) in [7, 11) is 0. The summed E-state index contributed by atoms with van der Waals surface area (Å²) < 4.78 is 0.